The van der Waals surface area contributed by atoms with Crippen LogP contribution in [0.2, 0.25) is 0 Å². The molecular formula is C42H47N3O6S. The van der Waals surface area contributed by atoms with Crippen LogP contribution in [0, 0.1) is 5.92 Å². The zero-order chi connectivity index (χ0) is 36.5. The number of carbonyl (C=O) groups excluding carboxylic acids is 4. The molecule has 52 heavy (non-hydrogen) atoms. The third-order valence-electron chi connectivity index (χ3n) is 9.98. The van der Waals surface area contributed by atoms with Gasteiger partial charge in [-0.25, -0.2) is 4.79 Å². The lowest BCUT2D eigenvalue weighted by Crippen LogP contribution is -2.34. The fourth-order valence-corrected chi connectivity index (χ4v) is 8.39. The fraction of sp³-hybridized carbons (Fsp3) is 0.381. The number of fused-ring (bicyclic) bond motifs is 1. The lowest BCUT2D eigenvalue weighted by Gasteiger charge is -2.31. The Balaban J connectivity index is 1.07. The van der Waals surface area contributed by atoms with E-state index in [9.17, 15) is 19.2 Å². The molecule has 2 heterocycles. The van der Waals surface area contributed by atoms with Crippen molar-refractivity contribution in [2.24, 2.45) is 5.92 Å². The van der Waals surface area contributed by atoms with Crippen LogP contribution in [0.1, 0.15) is 97.2 Å². The number of piperidine rings is 1. The van der Waals surface area contributed by atoms with Crippen LogP contribution in [0.25, 0.3) is 0 Å². The largest absolute Gasteiger partial charge is 0.466 e. The second-order valence-corrected chi connectivity index (χ2v) is 14.7. The zero-order valence-electron chi connectivity index (χ0n) is 30.0. The summed E-state index contributed by atoms with van der Waals surface area (Å²) in [4.78, 5) is 54.7. The van der Waals surface area contributed by atoms with Gasteiger partial charge >= 0.3 is 11.9 Å². The highest BCUT2D eigenvalue weighted by atomic mass is 32.1. The first-order chi connectivity index (χ1) is 25.3. The summed E-state index contributed by atoms with van der Waals surface area (Å²) in [5.74, 6) is -0.553. The number of rotatable bonds is 13. The molecule has 1 fully saturated rings. The number of methoxy groups -OCH3 is 1. The minimum Gasteiger partial charge on any atom is -0.466 e. The van der Waals surface area contributed by atoms with Crippen LogP contribution >= 0.6 is 11.3 Å². The molecule has 10 heteroatoms. The van der Waals surface area contributed by atoms with Crippen molar-refractivity contribution in [2.75, 3.05) is 37.4 Å². The topological polar surface area (TPSA) is 114 Å². The molecule has 9 nitrogen and oxygen atoms in total. The third-order valence-corrected chi connectivity index (χ3v) is 11.2. The number of aryl methyl sites for hydroxylation is 3. The molecule has 2 N–H and O–H groups in total. The zero-order valence-corrected chi connectivity index (χ0v) is 30.8. The number of nitrogens with one attached hydrogen (secondary N) is 2. The van der Waals surface area contributed by atoms with Crippen LogP contribution in [-0.4, -0.2) is 55.5 Å². The second-order valence-electron chi connectivity index (χ2n) is 13.6. The number of hydrogen-bond acceptors (Lipinski definition) is 8. The quantitative estimate of drug-likeness (QED) is 0.135. The van der Waals surface area contributed by atoms with Crippen LogP contribution in [0.3, 0.4) is 0 Å². The molecule has 0 spiro atoms. The first-order valence-corrected chi connectivity index (χ1v) is 19.1. The number of anilines is 2. The summed E-state index contributed by atoms with van der Waals surface area (Å²) < 4.78 is 9.91. The molecule has 0 unspecified atom stereocenters. The van der Waals surface area contributed by atoms with E-state index in [4.69, 9.17) is 9.47 Å². The van der Waals surface area contributed by atoms with E-state index in [0.717, 1.165) is 93.3 Å². The maximum absolute atomic E-state index is 13.8. The molecule has 0 saturated carbocycles. The molecule has 1 aliphatic heterocycles. The molecule has 0 atom stereocenters. The number of hydrogen-bond donors (Lipinski definition) is 2. The number of esters is 2. The van der Waals surface area contributed by atoms with Gasteiger partial charge in [-0.15, -0.1) is 11.3 Å². The van der Waals surface area contributed by atoms with Gasteiger partial charge in [0.05, 0.1) is 24.8 Å². The van der Waals surface area contributed by atoms with E-state index in [0.29, 0.717) is 46.3 Å². The minimum absolute atomic E-state index is 0.115. The minimum atomic E-state index is -0.347. The number of thiophene rings is 1. The van der Waals surface area contributed by atoms with Crippen molar-refractivity contribution in [3.63, 3.8) is 0 Å². The standard InChI is InChI=1S/C42H47N3O6S/c1-3-51-37(46)26-30-21-23-45(24-22-30)27-31-7-6-8-33(25-31)39(47)44-41-38(35-9-4-5-10-36(35)52-41)40(48)43-34-19-15-29(16-20-34)12-11-28-13-17-32(18-14-28)42(49)50-2/h6-8,13-20,25,30H,3-5,9-12,21-24,26-27H2,1-2H3,(H,43,48)(H,44,47). The predicted octanol–water partition coefficient (Wildman–Crippen LogP) is 7.87. The molecule has 1 aliphatic carbocycles. The molecule has 272 valence electrons. The number of carbonyl (C=O) groups is 4. The van der Waals surface area contributed by atoms with Crippen LogP contribution in [0.4, 0.5) is 10.7 Å². The van der Waals surface area contributed by atoms with Crippen LogP contribution < -0.4 is 10.6 Å². The molecule has 2 aliphatic rings. The van der Waals surface area contributed by atoms with Crippen molar-refractivity contribution < 1.29 is 28.7 Å². The Hall–Kier alpha value is -4.80. The average molecular weight is 722 g/mol. The second kappa shape index (κ2) is 17.6. The van der Waals surface area contributed by atoms with Gasteiger partial charge in [0.2, 0.25) is 0 Å². The molecule has 2 amide bonds. The molecular weight excluding hydrogens is 675 g/mol. The maximum atomic E-state index is 13.8. The Morgan fingerprint density at radius 2 is 1.50 bits per heavy atom. The number of benzene rings is 3. The Bertz CT molecular complexity index is 1880. The highest BCUT2D eigenvalue weighted by molar-refractivity contribution is 7.17. The SMILES string of the molecule is CCOC(=O)CC1CCN(Cc2cccc(C(=O)Nc3sc4c(c3C(=O)Nc3ccc(CCc5ccc(C(=O)OC)cc5)cc3)CCCC4)c2)CC1. The van der Waals surface area contributed by atoms with Gasteiger partial charge in [0.1, 0.15) is 5.00 Å². The van der Waals surface area contributed by atoms with E-state index in [1.54, 1.807) is 12.1 Å². The van der Waals surface area contributed by atoms with Crippen molar-refractivity contribution in [3.8, 4) is 0 Å². The molecule has 1 aromatic heterocycles. The Morgan fingerprint density at radius 1 is 0.808 bits per heavy atom. The van der Waals surface area contributed by atoms with Gasteiger partial charge in [-0.3, -0.25) is 19.3 Å². The summed E-state index contributed by atoms with van der Waals surface area (Å²) in [5.41, 5.74) is 6.70. The number of amides is 2. The normalized spacial score (nSPS) is 14.7. The summed E-state index contributed by atoms with van der Waals surface area (Å²) in [6.45, 7) is 4.78. The van der Waals surface area contributed by atoms with Crippen molar-refractivity contribution in [3.05, 3.63) is 117 Å². The Kier molecular flexibility index (Phi) is 12.5. The highest BCUT2D eigenvalue weighted by Crippen LogP contribution is 2.39. The molecule has 0 radical (unpaired) electrons. The van der Waals surface area contributed by atoms with E-state index in [1.807, 2.05) is 67.6 Å². The van der Waals surface area contributed by atoms with Crippen molar-refractivity contribution in [1.29, 1.82) is 0 Å². The monoisotopic (exact) mass is 721 g/mol. The summed E-state index contributed by atoms with van der Waals surface area (Å²) in [5, 5.41) is 6.79. The molecule has 4 aromatic rings. The van der Waals surface area contributed by atoms with Gasteiger partial charge in [-0.05, 0) is 136 Å². The van der Waals surface area contributed by atoms with Crippen LogP contribution in [0.15, 0.2) is 72.8 Å². The number of nitrogens with zero attached hydrogens (tertiary/aromatic N) is 1. The van der Waals surface area contributed by atoms with Gasteiger partial charge in [0.15, 0.2) is 0 Å². The van der Waals surface area contributed by atoms with Gasteiger partial charge in [0.25, 0.3) is 11.8 Å². The van der Waals surface area contributed by atoms with Crippen molar-refractivity contribution >= 4 is 45.8 Å². The van der Waals surface area contributed by atoms with Crippen LogP contribution in [-0.2, 0) is 46.5 Å². The van der Waals surface area contributed by atoms with Gasteiger partial charge in [-0.2, -0.15) is 0 Å². The van der Waals surface area contributed by atoms with Gasteiger partial charge in [0, 0.05) is 29.1 Å². The molecule has 1 saturated heterocycles. The Morgan fingerprint density at radius 3 is 2.19 bits per heavy atom. The van der Waals surface area contributed by atoms with E-state index in [-0.39, 0.29) is 23.8 Å². The highest BCUT2D eigenvalue weighted by Gasteiger charge is 2.27. The summed E-state index contributed by atoms with van der Waals surface area (Å²) in [7, 11) is 1.37. The average Bonchev–Trinajstić information content (AvgIpc) is 3.53. The Labute approximate surface area is 309 Å². The third kappa shape index (κ3) is 9.54. The summed E-state index contributed by atoms with van der Waals surface area (Å²) in [6, 6.07) is 23.0. The lowest BCUT2D eigenvalue weighted by molar-refractivity contribution is -0.144. The van der Waals surface area contributed by atoms with E-state index in [2.05, 4.69) is 15.5 Å². The molecule has 0 bridgehead atoms. The number of likely N-dealkylation sites (tertiary alicyclic amines) is 1. The van der Waals surface area contributed by atoms with Gasteiger partial charge in [-0.1, -0.05) is 36.4 Å². The lowest BCUT2D eigenvalue weighted by atomic mass is 9.93. The predicted molar refractivity (Wildman–Crippen MR) is 204 cm³/mol. The fourth-order valence-electron chi connectivity index (χ4n) is 7.11. The van der Waals surface area contributed by atoms with Crippen LogP contribution in [0.5, 0.6) is 0 Å². The van der Waals surface area contributed by atoms with Gasteiger partial charge < -0.3 is 20.1 Å². The molecule has 3 aromatic carbocycles. The summed E-state index contributed by atoms with van der Waals surface area (Å²) >= 11 is 1.51. The maximum Gasteiger partial charge on any atom is 0.337 e. The number of ether oxygens (including phenoxy) is 2. The van der Waals surface area contributed by atoms with E-state index in [1.165, 1.54) is 23.3 Å². The first-order valence-electron chi connectivity index (χ1n) is 18.3. The molecule has 6 rings (SSSR count). The van der Waals surface area contributed by atoms with Crippen molar-refractivity contribution in [1.82, 2.24) is 4.90 Å². The van der Waals surface area contributed by atoms with Crippen molar-refractivity contribution in [2.45, 2.75) is 71.3 Å². The van der Waals surface area contributed by atoms with E-state index >= 15 is 0 Å². The summed E-state index contributed by atoms with van der Waals surface area (Å²) in [6.07, 6.45) is 7.82. The first kappa shape index (κ1) is 37.0. The van der Waals surface area contributed by atoms with E-state index < -0.39 is 0 Å². The smallest absolute Gasteiger partial charge is 0.337 e.